The molecular formula is C11H14N2O4. The molecule has 0 spiro atoms. The lowest BCUT2D eigenvalue weighted by Gasteiger charge is -2.35. The van der Waals surface area contributed by atoms with Crippen molar-refractivity contribution >= 4 is 5.97 Å². The predicted molar refractivity (Wildman–Crippen MR) is 61.7 cm³/mol. The first kappa shape index (κ1) is 13.0. The van der Waals surface area contributed by atoms with E-state index in [1.54, 1.807) is 24.3 Å². The molecule has 2 atom stereocenters. The lowest BCUT2D eigenvalue weighted by molar-refractivity contribution is -0.402. The molecule has 0 aliphatic heterocycles. The Balaban J connectivity index is 2.92. The van der Waals surface area contributed by atoms with Gasteiger partial charge in [0.25, 0.3) is 0 Å². The average molecular weight is 238 g/mol. The van der Waals surface area contributed by atoms with E-state index >= 15 is 0 Å². The van der Waals surface area contributed by atoms with Gasteiger partial charge >= 0.3 is 5.97 Å². The quantitative estimate of drug-likeness (QED) is 0.556. The van der Waals surface area contributed by atoms with Gasteiger partial charge < -0.3 is 10.4 Å². The molecule has 1 aliphatic rings. The maximum absolute atomic E-state index is 11.1. The molecular weight excluding hydrogens is 224 g/mol. The molecule has 6 heteroatoms. The fourth-order valence-electron chi connectivity index (χ4n) is 1.81. The van der Waals surface area contributed by atoms with Gasteiger partial charge in [-0.05, 0) is 6.42 Å². The first-order chi connectivity index (χ1) is 8.02. The number of allylic oxidation sites excluding steroid dienone is 2. The molecule has 0 saturated heterocycles. The molecule has 1 rings (SSSR count). The van der Waals surface area contributed by atoms with Crippen molar-refractivity contribution in [3.8, 4) is 0 Å². The summed E-state index contributed by atoms with van der Waals surface area (Å²) in [4.78, 5) is 20.7. The highest BCUT2D eigenvalue weighted by Crippen LogP contribution is 2.28. The van der Waals surface area contributed by atoms with Crippen molar-refractivity contribution in [1.29, 1.82) is 0 Å². The lowest BCUT2D eigenvalue weighted by atomic mass is 9.78. The van der Waals surface area contributed by atoms with E-state index in [0.717, 1.165) is 6.20 Å². The van der Waals surface area contributed by atoms with Crippen molar-refractivity contribution in [1.82, 2.24) is 5.32 Å². The number of aliphatic carboxylic acids is 1. The maximum Gasteiger partial charge on any atom is 0.313 e. The molecule has 2 unspecified atom stereocenters. The summed E-state index contributed by atoms with van der Waals surface area (Å²) in [6, 6.07) is 0. The fourth-order valence-corrected chi connectivity index (χ4v) is 1.81. The minimum absolute atomic E-state index is 0.507. The normalized spacial score (nSPS) is 27.2. The average Bonchev–Trinajstić information content (AvgIpc) is 2.28. The van der Waals surface area contributed by atoms with E-state index in [-0.39, 0.29) is 0 Å². The second kappa shape index (κ2) is 5.29. The number of hydrogen-bond acceptors (Lipinski definition) is 4. The van der Waals surface area contributed by atoms with Gasteiger partial charge in [-0.25, -0.2) is 0 Å². The molecule has 6 nitrogen and oxygen atoms in total. The van der Waals surface area contributed by atoms with Crippen LogP contribution in [-0.2, 0) is 4.79 Å². The van der Waals surface area contributed by atoms with Gasteiger partial charge in [0.2, 0.25) is 6.20 Å². The Morgan fingerprint density at radius 2 is 2.35 bits per heavy atom. The number of carboxylic acid groups (broad SMARTS) is 1. The zero-order chi connectivity index (χ0) is 12.9. The van der Waals surface area contributed by atoms with E-state index in [9.17, 15) is 14.9 Å². The summed E-state index contributed by atoms with van der Waals surface area (Å²) < 4.78 is 0. The van der Waals surface area contributed by atoms with E-state index in [1.807, 2.05) is 6.92 Å². The molecule has 0 amide bonds. The topological polar surface area (TPSA) is 92.5 Å². The van der Waals surface area contributed by atoms with Crippen LogP contribution in [0, 0.1) is 16.0 Å². The highest BCUT2D eigenvalue weighted by atomic mass is 16.6. The van der Waals surface area contributed by atoms with E-state index in [4.69, 9.17) is 5.11 Å². The highest BCUT2D eigenvalue weighted by molar-refractivity contribution is 5.75. The van der Waals surface area contributed by atoms with E-state index < -0.39 is 22.3 Å². The van der Waals surface area contributed by atoms with Gasteiger partial charge in [-0.2, -0.15) is 0 Å². The van der Waals surface area contributed by atoms with Crippen LogP contribution in [-0.4, -0.2) is 21.5 Å². The van der Waals surface area contributed by atoms with Crippen LogP contribution < -0.4 is 5.32 Å². The summed E-state index contributed by atoms with van der Waals surface area (Å²) in [5.41, 5.74) is -0.812. The Labute approximate surface area is 98.5 Å². The van der Waals surface area contributed by atoms with E-state index in [2.05, 4.69) is 5.32 Å². The van der Waals surface area contributed by atoms with Gasteiger partial charge in [0, 0.05) is 0 Å². The molecule has 0 aromatic rings. The van der Waals surface area contributed by atoms with Crippen LogP contribution in [0.25, 0.3) is 0 Å². The second-order valence-electron chi connectivity index (χ2n) is 3.70. The smallest absolute Gasteiger partial charge is 0.313 e. The van der Waals surface area contributed by atoms with Gasteiger partial charge in [0.1, 0.15) is 5.92 Å². The van der Waals surface area contributed by atoms with Crippen LogP contribution in [0.1, 0.15) is 13.3 Å². The number of nitro groups is 1. The summed E-state index contributed by atoms with van der Waals surface area (Å²) >= 11 is 0. The Kier molecular flexibility index (Phi) is 4.03. The molecule has 17 heavy (non-hydrogen) atoms. The molecule has 0 aromatic heterocycles. The van der Waals surface area contributed by atoms with Gasteiger partial charge in [0.05, 0.1) is 16.7 Å². The van der Waals surface area contributed by atoms with Crippen molar-refractivity contribution in [2.45, 2.75) is 18.9 Å². The van der Waals surface area contributed by atoms with E-state index in [0.29, 0.717) is 6.42 Å². The molecule has 0 saturated carbocycles. The number of nitrogens with one attached hydrogen (secondary N) is 1. The fraction of sp³-hybridized carbons (Fsp3) is 0.364. The highest BCUT2D eigenvalue weighted by Gasteiger charge is 2.38. The van der Waals surface area contributed by atoms with Crippen LogP contribution in [0.15, 0.2) is 36.7 Å². The van der Waals surface area contributed by atoms with Gasteiger partial charge in [-0.1, -0.05) is 31.2 Å². The third-order valence-electron chi connectivity index (χ3n) is 2.76. The van der Waals surface area contributed by atoms with Crippen molar-refractivity contribution in [3.63, 3.8) is 0 Å². The molecule has 0 fully saturated rings. The third-order valence-corrected chi connectivity index (χ3v) is 2.76. The lowest BCUT2D eigenvalue weighted by Crippen LogP contribution is -2.50. The summed E-state index contributed by atoms with van der Waals surface area (Å²) in [6.07, 6.45) is 9.11. The molecule has 0 heterocycles. The summed E-state index contributed by atoms with van der Waals surface area (Å²) in [5, 5.41) is 22.1. The maximum atomic E-state index is 11.1. The summed E-state index contributed by atoms with van der Waals surface area (Å²) in [6.45, 7) is 1.83. The second-order valence-corrected chi connectivity index (χ2v) is 3.70. The van der Waals surface area contributed by atoms with Crippen LogP contribution in [0.4, 0.5) is 0 Å². The zero-order valence-electron chi connectivity index (χ0n) is 9.37. The molecule has 92 valence electrons. The molecule has 0 aromatic carbocycles. The SMILES string of the molecule is CCC1(N/C=C/[N+](=O)[O-])C=CC=CC1C(=O)O. The minimum atomic E-state index is -0.963. The zero-order valence-corrected chi connectivity index (χ0v) is 9.37. The van der Waals surface area contributed by atoms with Gasteiger partial charge in [-0.3, -0.25) is 14.9 Å². The Morgan fingerprint density at radius 1 is 1.65 bits per heavy atom. The minimum Gasteiger partial charge on any atom is -0.481 e. The summed E-state index contributed by atoms with van der Waals surface area (Å²) in [7, 11) is 0. The Morgan fingerprint density at radius 3 is 2.88 bits per heavy atom. The molecule has 2 N–H and O–H groups in total. The standard InChI is InChI=1S/C11H14N2O4/c1-2-11(12-7-8-13(16)17)6-4-3-5-9(11)10(14)15/h3-9,12H,2H2,1H3,(H,14,15)/b8-7+. The van der Waals surface area contributed by atoms with Crippen LogP contribution in [0.2, 0.25) is 0 Å². The molecule has 0 radical (unpaired) electrons. The largest absolute Gasteiger partial charge is 0.481 e. The van der Waals surface area contributed by atoms with Crippen LogP contribution in [0.5, 0.6) is 0 Å². The Bertz CT molecular complexity index is 400. The Hall–Kier alpha value is -2.11. The van der Waals surface area contributed by atoms with Crippen molar-refractivity contribution in [3.05, 3.63) is 46.8 Å². The van der Waals surface area contributed by atoms with Crippen molar-refractivity contribution < 1.29 is 14.8 Å². The van der Waals surface area contributed by atoms with Crippen molar-refractivity contribution in [2.75, 3.05) is 0 Å². The number of carboxylic acids is 1. The molecule has 0 bridgehead atoms. The predicted octanol–water partition coefficient (Wildman–Crippen LogP) is 1.30. The number of rotatable bonds is 5. The number of hydrogen-bond donors (Lipinski definition) is 2. The first-order valence-corrected chi connectivity index (χ1v) is 5.18. The number of carbonyl (C=O) groups is 1. The number of nitrogens with zero attached hydrogens (tertiary/aromatic N) is 1. The van der Waals surface area contributed by atoms with Gasteiger partial charge in [0.15, 0.2) is 0 Å². The van der Waals surface area contributed by atoms with Crippen LogP contribution in [0.3, 0.4) is 0 Å². The third kappa shape index (κ3) is 2.93. The van der Waals surface area contributed by atoms with E-state index in [1.165, 1.54) is 6.20 Å². The van der Waals surface area contributed by atoms with Gasteiger partial charge in [-0.15, -0.1) is 0 Å². The first-order valence-electron chi connectivity index (χ1n) is 5.18. The molecule has 1 aliphatic carbocycles. The van der Waals surface area contributed by atoms with Crippen molar-refractivity contribution in [2.24, 2.45) is 5.92 Å². The summed E-state index contributed by atoms with van der Waals surface area (Å²) in [5.74, 6) is -1.71. The monoisotopic (exact) mass is 238 g/mol. The van der Waals surface area contributed by atoms with Crippen LogP contribution >= 0.6 is 0 Å².